The Morgan fingerprint density at radius 3 is 2.78 bits per heavy atom. The zero-order chi connectivity index (χ0) is 13.0. The second-order valence-electron chi connectivity index (χ2n) is 4.76. The van der Waals surface area contributed by atoms with Crippen LogP contribution in [-0.4, -0.2) is 59.7 Å². The molecule has 2 heterocycles. The van der Waals surface area contributed by atoms with Gasteiger partial charge in [-0.2, -0.15) is 0 Å². The predicted molar refractivity (Wildman–Crippen MR) is 70.8 cm³/mol. The molecule has 7 heteroatoms. The van der Waals surface area contributed by atoms with Gasteiger partial charge in [-0.1, -0.05) is 11.3 Å². The summed E-state index contributed by atoms with van der Waals surface area (Å²) in [4.78, 5) is 2.09. The van der Waals surface area contributed by atoms with Crippen LogP contribution in [0.1, 0.15) is 17.8 Å². The quantitative estimate of drug-likeness (QED) is 0.816. The maximum absolute atomic E-state index is 10.4. The van der Waals surface area contributed by atoms with Gasteiger partial charge in [-0.05, 0) is 7.05 Å². The molecule has 0 saturated carbocycles. The number of aromatic nitrogens is 2. The number of nitrogens with one attached hydrogen (secondary N) is 1. The van der Waals surface area contributed by atoms with Gasteiger partial charge in [-0.15, -0.1) is 10.2 Å². The Balaban J connectivity index is 1.85. The van der Waals surface area contributed by atoms with E-state index in [1.165, 1.54) is 0 Å². The smallest absolute Gasteiger partial charge is 0.205 e. The molecule has 0 unspecified atom stereocenters. The number of ether oxygens (including phenoxy) is 1. The van der Waals surface area contributed by atoms with Gasteiger partial charge in [-0.3, -0.25) is 4.90 Å². The van der Waals surface area contributed by atoms with E-state index in [9.17, 15) is 5.11 Å². The van der Waals surface area contributed by atoms with Gasteiger partial charge in [0, 0.05) is 39.6 Å². The number of nitrogens with zero attached hydrogens (tertiary/aromatic N) is 3. The molecule has 0 radical (unpaired) electrons. The lowest BCUT2D eigenvalue weighted by atomic mass is 9.94. The van der Waals surface area contributed by atoms with E-state index in [2.05, 4.69) is 20.4 Å². The number of anilines is 1. The Hall–Kier alpha value is -0.760. The van der Waals surface area contributed by atoms with Crippen molar-refractivity contribution in [1.82, 2.24) is 15.1 Å². The molecule has 2 rings (SSSR count). The topological polar surface area (TPSA) is 70.5 Å². The first kappa shape index (κ1) is 13.7. The van der Waals surface area contributed by atoms with Crippen molar-refractivity contribution in [1.29, 1.82) is 0 Å². The third kappa shape index (κ3) is 3.61. The van der Waals surface area contributed by atoms with Crippen molar-refractivity contribution in [2.45, 2.75) is 25.0 Å². The summed E-state index contributed by atoms with van der Waals surface area (Å²) in [5, 5.41) is 23.3. The van der Waals surface area contributed by atoms with Crippen molar-refractivity contribution in [3.63, 3.8) is 0 Å². The SMILES string of the molecule is CNc1nnc(CN(C)CC2(O)CCOCC2)s1. The van der Waals surface area contributed by atoms with Gasteiger partial charge in [0.15, 0.2) is 0 Å². The van der Waals surface area contributed by atoms with Gasteiger partial charge in [0.2, 0.25) is 5.13 Å². The van der Waals surface area contributed by atoms with Crippen LogP contribution in [0.5, 0.6) is 0 Å². The molecule has 0 amide bonds. The maximum atomic E-state index is 10.4. The number of hydrogen-bond acceptors (Lipinski definition) is 7. The van der Waals surface area contributed by atoms with E-state index in [0.29, 0.717) is 39.1 Å². The molecule has 6 nitrogen and oxygen atoms in total. The summed E-state index contributed by atoms with van der Waals surface area (Å²) >= 11 is 1.54. The van der Waals surface area contributed by atoms with Gasteiger partial charge in [0.05, 0.1) is 12.1 Å². The minimum absolute atomic E-state index is 0.622. The Morgan fingerprint density at radius 2 is 2.17 bits per heavy atom. The molecule has 102 valence electrons. The molecule has 0 atom stereocenters. The van der Waals surface area contributed by atoms with Crippen molar-refractivity contribution in [3.8, 4) is 0 Å². The van der Waals surface area contributed by atoms with E-state index in [1.807, 2.05) is 14.1 Å². The second kappa shape index (κ2) is 5.92. The molecule has 1 aliphatic rings. The average molecular weight is 272 g/mol. The fourth-order valence-electron chi connectivity index (χ4n) is 2.12. The summed E-state index contributed by atoms with van der Waals surface area (Å²) in [6.07, 6.45) is 1.41. The third-order valence-corrected chi connectivity index (χ3v) is 4.00. The van der Waals surface area contributed by atoms with E-state index in [-0.39, 0.29) is 0 Å². The minimum Gasteiger partial charge on any atom is -0.388 e. The molecule has 1 saturated heterocycles. The molecule has 1 fully saturated rings. The van der Waals surface area contributed by atoms with E-state index < -0.39 is 5.60 Å². The van der Waals surface area contributed by atoms with Gasteiger partial charge in [0.1, 0.15) is 5.01 Å². The zero-order valence-electron chi connectivity index (χ0n) is 10.8. The summed E-state index contributed by atoms with van der Waals surface area (Å²) in [5.41, 5.74) is -0.622. The zero-order valence-corrected chi connectivity index (χ0v) is 11.7. The normalized spacial score (nSPS) is 19.1. The molecular weight excluding hydrogens is 252 g/mol. The molecule has 1 aromatic heterocycles. The molecule has 0 aromatic carbocycles. The lowest BCUT2D eigenvalue weighted by molar-refractivity contribution is -0.0777. The Labute approximate surface area is 111 Å². The van der Waals surface area contributed by atoms with Gasteiger partial charge < -0.3 is 15.2 Å². The molecule has 0 bridgehead atoms. The first-order valence-electron chi connectivity index (χ1n) is 6.10. The molecule has 1 aliphatic heterocycles. The van der Waals surface area contributed by atoms with E-state index in [4.69, 9.17) is 4.74 Å². The number of aliphatic hydroxyl groups is 1. The summed E-state index contributed by atoms with van der Waals surface area (Å²) in [6.45, 7) is 2.65. The van der Waals surface area contributed by atoms with Crippen molar-refractivity contribution >= 4 is 16.5 Å². The Morgan fingerprint density at radius 1 is 1.44 bits per heavy atom. The number of rotatable bonds is 5. The van der Waals surface area contributed by atoms with E-state index in [1.54, 1.807) is 11.3 Å². The van der Waals surface area contributed by atoms with Gasteiger partial charge >= 0.3 is 0 Å². The number of hydrogen-bond donors (Lipinski definition) is 2. The van der Waals surface area contributed by atoms with Crippen LogP contribution in [-0.2, 0) is 11.3 Å². The van der Waals surface area contributed by atoms with Crippen LogP contribution in [0.2, 0.25) is 0 Å². The maximum Gasteiger partial charge on any atom is 0.205 e. The monoisotopic (exact) mass is 272 g/mol. The van der Waals surface area contributed by atoms with Crippen molar-refractivity contribution in [3.05, 3.63) is 5.01 Å². The second-order valence-corrected chi connectivity index (χ2v) is 5.82. The van der Waals surface area contributed by atoms with Crippen LogP contribution in [0.3, 0.4) is 0 Å². The van der Waals surface area contributed by atoms with Crippen molar-refractivity contribution in [2.75, 3.05) is 39.2 Å². The fourth-order valence-corrected chi connectivity index (χ4v) is 2.89. The van der Waals surface area contributed by atoms with Crippen LogP contribution >= 0.6 is 11.3 Å². The van der Waals surface area contributed by atoms with Crippen LogP contribution < -0.4 is 5.32 Å². The highest BCUT2D eigenvalue weighted by Crippen LogP contribution is 2.22. The lowest BCUT2D eigenvalue weighted by Gasteiger charge is -2.35. The van der Waals surface area contributed by atoms with E-state index >= 15 is 0 Å². The predicted octanol–water partition coefficient (Wildman–Crippen LogP) is 0.553. The van der Waals surface area contributed by atoms with Crippen LogP contribution in [0.4, 0.5) is 5.13 Å². The minimum atomic E-state index is -0.622. The number of likely N-dealkylation sites (N-methyl/N-ethyl adjacent to an activating group) is 1. The molecule has 18 heavy (non-hydrogen) atoms. The molecule has 2 N–H and O–H groups in total. The summed E-state index contributed by atoms with van der Waals surface area (Å²) < 4.78 is 5.28. The van der Waals surface area contributed by atoms with Crippen molar-refractivity contribution < 1.29 is 9.84 Å². The highest BCUT2D eigenvalue weighted by Gasteiger charge is 2.31. The van der Waals surface area contributed by atoms with Crippen LogP contribution in [0.25, 0.3) is 0 Å². The summed E-state index contributed by atoms with van der Waals surface area (Å²) in [6, 6.07) is 0. The molecule has 1 aromatic rings. The first-order valence-corrected chi connectivity index (χ1v) is 6.92. The van der Waals surface area contributed by atoms with Crippen LogP contribution in [0, 0.1) is 0 Å². The largest absolute Gasteiger partial charge is 0.388 e. The average Bonchev–Trinajstić information content (AvgIpc) is 2.76. The standard InChI is InChI=1S/C11H20N4O2S/c1-12-10-14-13-9(18-10)7-15(2)8-11(16)3-5-17-6-4-11/h16H,3-8H2,1-2H3,(H,12,14). The Bertz CT molecular complexity index is 379. The van der Waals surface area contributed by atoms with Crippen molar-refractivity contribution in [2.24, 2.45) is 0 Å². The fraction of sp³-hybridized carbons (Fsp3) is 0.818. The molecule has 0 spiro atoms. The van der Waals surface area contributed by atoms with Crippen LogP contribution in [0.15, 0.2) is 0 Å². The highest BCUT2D eigenvalue weighted by molar-refractivity contribution is 7.15. The summed E-state index contributed by atoms with van der Waals surface area (Å²) in [5.74, 6) is 0. The first-order chi connectivity index (χ1) is 8.61. The van der Waals surface area contributed by atoms with E-state index in [0.717, 1.165) is 10.1 Å². The highest BCUT2D eigenvalue weighted by atomic mass is 32.1. The third-order valence-electron chi connectivity index (χ3n) is 3.07. The Kier molecular flexibility index (Phi) is 4.50. The van der Waals surface area contributed by atoms with Gasteiger partial charge in [0.25, 0.3) is 0 Å². The summed E-state index contributed by atoms with van der Waals surface area (Å²) in [7, 11) is 3.83. The lowest BCUT2D eigenvalue weighted by Crippen LogP contribution is -2.45. The van der Waals surface area contributed by atoms with Gasteiger partial charge in [-0.25, -0.2) is 0 Å². The molecular formula is C11H20N4O2S. The molecule has 0 aliphatic carbocycles.